The summed E-state index contributed by atoms with van der Waals surface area (Å²) in [6.45, 7) is 11.5. The molecule has 0 fully saturated rings. The zero-order valence-corrected chi connectivity index (χ0v) is 15.7. The molecule has 0 saturated heterocycles. The second kappa shape index (κ2) is 11.9. The first-order valence-electron chi connectivity index (χ1n) is 5.64. The molecule has 0 bridgehead atoms. The van der Waals surface area contributed by atoms with E-state index in [0.29, 0.717) is 6.61 Å². The summed E-state index contributed by atoms with van der Waals surface area (Å²) in [5, 5.41) is 2.33. The van der Waals surface area contributed by atoms with Gasteiger partial charge in [0.15, 0.2) is 0 Å². The second-order valence-corrected chi connectivity index (χ2v) is 5.64. The molecule has 1 N–H and O–H groups in total. The molecule has 0 atom stereocenters. The number of hydrogen-bond acceptors (Lipinski definition) is 6. The maximum absolute atomic E-state index is 10.8. The molecule has 1 amide bonds. The van der Waals surface area contributed by atoms with Gasteiger partial charge in [-0.25, -0.2) is 13.2 Å². The van der Waals surface area contributed by atoms with Crippen LogP contribution in [0.4, 0.5) is 0 Å². The minimum absolute atomic E-state index is 0. The number of nitrogens with one attached hydrogen (secondary N) is 1. The van der Waals surface area contributed by atoms with Gasteiger partial charge in [-0.05, 0) is 26.8 Å². The number of carbonyl (C=O) groups is 2. The van der Waals surface area contributed by atoms with E-state index in [1.807, 2.05) is 0 Å². The van der Waals surface area contributed by atoms with Crippen LogP contribution in [0.3, 0.4) is 0 Å². The van der Waals surface area contributed by atoms with E-state index in [4.69, 9.17) is 0 Å². The monoisotopic (exact) mass is 329 g/mol. The molecule has 0 heterocycles. The van der Waals surface area contributed by atoms with Gasteiger partial charge in [0, 0.05) is 11.6 Å². The summed E-state index contributed by atoms with van der Waals surface area (Å²) in [5.41, 5.74) is -1.06. The van der Waals surface area contributed by atoms with Gasteiger partial charge in [-0.1, -0.05) is 13.2 Å². The van der Waals surface area contributed by atoms with Gasteiger partial charge < -0.3 is 14.6 Å². The van der Waals surface area contributed by atoms with Gasteiger partial charge in [-0.3, -0.25) is 4.79 Å². The van der Waals surface area contributed by atoms with Gasteiger partial charge in [-0.15, -0.1) is 0 Å². The van der Waals surface area contributed by atoms with E-state index in [1.54, 1.807) is 6.92 Å². The Bertz CT molecular complexity index is 458. The zero-order valence-electron chi connectivity index (χ0n) is 12.8. The smallest absolute Gasteiger partial charge is 0.748 e. The number of amides is 1. The minimum Gasteiger partial charge on any atom is -0.748 e. The zero-order chi connectivity index (χ0) is 16.4. The van der Waals surface area contributed by atoms with E-state index in [9.17, 15) is 22.6 Å². The standard InChI is InChI=1S/C7H13NO4S.C5H8O2.Na/c1-4-6(9)8-7(2,3)5-13(10,11)12;1-3-5(6)7-4-2;/h4H,1,5H2,2-3H3,(H,8,9)(H,10,11,12);3H,1,4H2,2H3;/q;;+1/p-1. The molecule has 0 saturated carbocycles. The molecule has 0 aromatic carbocycles. The fraction of sp³-hybridized carbons (Fsp3) is 0.500. The van der Waals surface area contributed by atoms with Gasteiger partial charge in [-0.2, -0.15) is 0 Å². The summed E-state index contributed by atoms with van der Waals surface area (Å²) in [6.07, 6.45) is 2.16. The average Bonchev–Trinajstić information content (AvgIpc) is 2.26. The van der Waals surface area contributed by atoms with Crippen LogP contribution in [0, 0.1) is 0 Å². The molecule has 116 valence electrons. The summed E-state index contributed by atoms with van der Waals surface area (Å²) in [4.78, 5) is 20.9. The summed E-state index contributed by atoms with van der Waals surface area (Å²) in [5.74, 6) is -1.50. The third-order valence-electron chi connectivity index (χ3n) is 1.64. The molecule has 0 spiro atoms. The van der Waals surface area contributed by atoms with Crippen molar-refractivity contribution in [1.29, 1.82) is 0 Å². The van der Waals surface area contributed by atoms with Crippen molar-refractivity contribution in [1.82, 2.24) is 5.32 Å². The topological polar surface area (TPSA) is 113 Å². The van der Waals surface area contributed by atoms with E-state index >= 15 is 0 Å². The molecule has 0 aliphatic heterocycles. The summed E-state index contributed by atoms with van der Waals surface area (Å²) >= 11 is 0. The molecule has 0 aliphatic rings. The van der Waals surface area contributed by atoms with Gasteiger partial charge in [0.1, 0.15) is 0 Å². The number of ether oxygens (including phenoxy) is 1. The van der Waals surface area contributed by atoms with E-state index < -0.39 is 27.3 Å². The largest absolute Gasteiger partial charge is 1.00 e. The van der Waals surface area contributed by atoms with Crippen molar-refractivity contribution < 1.29 is 56.9 Å². The van der Waals surface area contributed by atoms with E-state index in [2.05, 4.69) is 23.2 Å². The Morgan fingerprint density at radius 3 is 2.00 bits per heavy atom. The van der Waals surface area contributed by atoms with Crippen LogP contribution in [-0.4, -0.2) is 42.7 Å². The fourth-order valence-electron chi connectivity index (χ4n) is 1.06. The Morgan fingerprint density at radius 2 is 1.76 bits per heavy atom. The number of esters is 1. The first kappa shape index (κ1) is 25.3. The molecule has 7 nitrogen and oxygen atoms in total. The fourth-order valence-corrected chi connectivity index (χ4v) is 2.02. The van der Waals surface area contributed by atoms with Crippen molar-refractivity contribution in [2.24, 2.45) is 0 Å². The maximum Gasteiger partial charge on any atom is 1.00 e. The Labute approximate surface area is 147 Å². The Hall–Kier alpha value is -0.670. The third-order valence-corrected chi connectivity index (χ3v) is 2.71. The van der Waals surface area contributed by atoms with Crippen LogP contribution in [0.25, 0.3) is 0 Å². The first-order valence-corrected chi connectivity index (χ1v) is 7.22. The molecule has 0 rings (SSSR count). The molecule has 0 aromatic heterocycles. The van der Waals surface area contributed by atoms with Crippen LogP contribution in [0.2, 0.25) is 0 Å². The predicted molar refractivity (Wildman–Crippen MR) is 73.8 cm³/mol. The van der Waals surface area contributed by atoms with Gasteiger partial charge >= 0.3 is 35.5 Å². The normalized spacial score (nSPS) is 10.1. The van der Waals surface area contributed by atoms with Crippen LogP contribution in [0.15, 0.2) is 25.3 Å². The first-order chi connectivity index (χ1) is 8.97. The third kappa shape index (κ3) is 19.3. The SMILES string of the molecule is C=CC(=O)NC(C)(C)CS(=O)(=O)[O-].C=CC(=O)OCC.[Na+]. The Kier molecular flexibility index (Phi) is 14.4. The second-order valence-electron chi connectivity index (χ2n) is 4.24. The molecule has 0 unspecified atom stereocenters. The minimum atomic E-state index is -4.33. The van der Waals surface area contributed by atoms with Crippen molar-refractivity contribution in [2.45, 2.75) is 26.3 Å². The average molecular weight is 329 g/mol. The number of rotatable bonds is 6. The van der Waals surface area contributed by atoms with Crippen LogP contribution >= 0.6 is 0 Å². The van der Waals surface area contributed by atoms with E-state index in [1.165, 1.54) is 13.8 Å². The van der Waals surface area contributed by atoms with Gasteiger partial charge in [0.25, 0.3) is 0 Å². The number of hydrogen-bond donors (Lipinski definition) is 1. The number of carbonyl (C=O) groups excluding carboxylic acids is 2. The van der Waals surface area contributed by atoms with Crippen molar-refractivity contribution in [3.8, 4) is 0 Å². The molecule has 21 heavy (non-hydrogen) atoms. The van der Waals surface area contributed by atoms with Crippen molar-refractivity contribution in [3.63, 3.8) is 0 Å². The summed E-state index contributed by atoms with van der Waals surface area (Å²) < 4.78 is 35.6. The quantitative estimate of drug-likeness (QED) is 0.247. The molecule has 0 radical (unpaired) electrons. The van der Waals surface area contributed by atoms with Crippen LogP contribution in [0.1, 0.15) is 20.8 Å². The van der Waals surface area contributed by atoms with Crippen molar-refractivity contribution in [2.75, 3.05) is 12.4 Å². The van der Waals surface area contributed by atoms with Gasteiger partial charge in [0.2, 0.25) is 5.91 Å². The summed E-state index contributed by atoms with van der Waals surface area (Å²) in [6, 6.07) is 0. The van der Waals surface area contributed by atoms with Crippen LogP contribution in [-0.2, 0) is 24.4 Å². The molecular formula is C12H20NNaO6S. The van der Waals surface area contributed by atoms with Gasteiger partial charge in [0.05, 0.1) is 22.5 Å². The summed E-state index contributed by atoms with van der Waals surface area (Å²) in [7, 11) is -4.33. The predicted octanol–water partition coefficient (Wildman–Crippen LogP) is -2.65. The van der Waals surface area contributed by atoms with Crippen molar-refractivity contribution >= 4 is 22.0 Å². The van der Waals surface area contributed by atoms with Crippen LogP contribution < -0.4 is 34.9 Å². The maximum atomic E-state index is 10.8. The van der Waals surface area contributed by atoms with E-state index in [-0.39, 0.29) is 35.5 Å². The van der Waals surface area contributed by atoms with Crippen LogP contribution in [0.5, 0.6) is 0 Å². The molecule has 0 aliphatic carbocycles. The molecule has 9 heteroatoms. The van der Waals surface area contributed by atoms with E-state index in [0.717, 1.165) is 12.2 Å². The Balaban J connectivity index is -0.000000347. The Morgan fingerprint density at radius 1 is 1.29 bits per heavy atom. The van der Waals surface area contributed by atoms with Crippen molar-refractivity contribution in [3.05, 3.63) is 25.3 Å². The molecular weight excluding hydrogens is 309 g/mol. The molecule has 0 aromatic rings.